The first-order valence-electron chi connectivity index (χ1n) is 8.25. The zero-order valence-electron chi connectivity index (χ0n) is 14.2. The standard InChI is InChI=1S/C21H17N3O/c1-13-10-11-16-15-7-4-5-9-18(15)25-20(16)19(13)24-14(2)23(3)17-8-6-12-22-21(17)24/h4-12H,2H2,1,3H3. The summed E-state index contributed by atoms with van der Waals surface area (Å²) in [5.74, 6) is 0.881. The molecule has 2 aromatic carbocycles. The van der Waals surface area contributed by atoms with E-state index in [2.05, 4.69) is 52.9 Å². The van der Waals surface area contributed by atoms with Crippen LogP contribution in [0.2, 0.25) is 0 Å². The van der Waals surface area contributed by atoms with Crippen molar-refractivity contribution < 1.29 is 4.42 Å². The molecule has 4 nitrogen and oxygen atoms in total. The topological polar surface area (TPSA) is 32.5 Å². The number of benzene rings is 2. The monoisotopic (exact) mass is 327 g/mol. The van der Waals surface area contributed by atoms with Gasteiger partial charge in [-0.05, 0) is 37.6 Å². The van der Waals surface area contributed by atoms with Crippen molar-refractivity contribution in [2.45, 2.75) is 6.92 Å². The van der Waals surface area contributed by atoms with E-state index in [1.807, 2.05) is 37.5 Å². The fourth-order valence-electron chi connectivity index (χ4n) is 3.62. The number of hydrogen-bond donors (Lipinski definition) is 0. The zero-order valence-corrected chi connectivity index (χ0v) is 14.2. The maximum atomic E-state index is 6.25. The van der Waals surface area contributed by atoms with Gasteiger partial charge < -0.3 is 9.32 Å². The van der Waals surface area contributed by atoms with E-state index in [-0.39, 0.29) is 0 Å². The molecule has 0 unspecified atom stereocenters. The normalized spacial score (nSPS) is 14.7. The van der Waals surface area contributed by atoms with Crippen LogP contribution in [-0.4, -0.2) is 12.0 Å². The quantitative estimate of drug-likeness (QED) is 0.481. The molecule has 4 heteroatoms. The van der Waals surface area contributed by atoms with Gasteiger partial charge in [0.1, 0.15) is 5.58 Å². The molecule has 0 spiro atoms. The van der Waals surface area contributed by atoms with Gasteiger partial charge in [-0.15, -0.1) is 0 Å². The summed E-state index contributed by atoms with van der Waals surface area (Å²) in [6.45, 7) is 6.37. The lowest BCUT2D eigenvalue weighted by molar-refractivity contribution is 0.667. The van der Waals surface area contributed by atoms with Crippen LogP contribution >= 0.6 is 0 Å². The Morgan fingerprint density at radius 2 is 1.84 bits per heavy atom. The summed E-state index contributed by atoms with van der Waals surface area (Å²) < 4.78 is 6.25. The zero-order chi connectivity index (χ0) is 17.1. The van der Waals surface area contributed by atoms with Crippen molar-refractivity contribution >= 4 is 39.1 Å². The summed E-state index contributed by atoms with van der Waals surface area (Å²) in [5.41, 5.74) is 4.93. The summed E-state index contributed by atoms with van der Waals surface area (Å²) in [6, 6.07) is 16.4. The predicted octanol–water partition coefficient (Wildman–Crippen LogP) is 5.20. The van der Waals surface area contributed by atoms with Crippen LogP contribution in [0.4, 0.5) is 17.2 Å². The number of para-hydroxylation sites is 1. The van der Waals surface area contributed by atoms with Gasteiger partial charge in [0.25, 0.3) is 0 Å². The van der Waals surface area contributed by atoms with Gasteiger partial charge >= 0.3 is 0 Å². The lowest BCUT2D eigenvalue weighted by Gasteiger charge is -2.26. The van der Waals surface area contributed by atoms with Gasteiger partial charge in [0, 0.05) is 24.0 Å². The molecule has 0 fully saturated rings. The van der Waals surface area contributed by atoms with Crippen molar-refractivity contribution in [2.75, 3.05) is 16.8 Å². The number of aryl methyl sites for hydroxylation is 1. The van der Waals surface area contributed by atoms with Crippen LogP contribution < -0.4 is 9.80 Å². The maximum Gasteiger partial charge on any atom is 0.162 e. The Kier molecular flexibility index (Phi) is 2.86. The van der Waals surface area contributed by atoms with Crippen LogP contribution in [-0.2, 0) is 0 Å². The lowest BCUT2D eigenvalue weighted by atomic mass is 10.1. The van der Waals surface area contributed by atoms with E-state index in [0.29, 0.717) is 0 Å². The number of anilines is 3. The van der Waals surface area contributed by atoms with E-state index in [1.54, 1.807) is 0 Å². The average molecular weight is 327 g/mol. The van der Waals surface area contributed by atoms with Crippen LogP contribution in [0, 0.1) is 20.0 Å². The smallest absolute Gasteiger partial charge is 0.162 e. The second kappa shape index (κ2) is 4.99. The molecule has 5 rings (SSSR count). The lowest BCUT2D eigenvalue weighted by Crippen LogP contribution is -2.28. The number of fused-ring (bicyclic) bond motifs is 4. The number of aromatic nitrogens is 1. The molecule has 25 heavy (non-hydrogen) atoms. The van der Waals surface area contributed by atoms with Gasteiger partial charge in [-0.25, -0.2) is 4.98 Å². The number of pyridine rings is 1. The van der Waals surface area contributed by atoms with Crippen LogP contribution in [0.1, 0.15) is 5.56 Å². The van der Waals surface area contributed by atoms with E-state index >= 15 is 0 Å². The van der Waals surface area contributed by atoms with Crippen molar-refractivity contribution in [1.29, 1.82) is 0 Å². The molecule has 4 aromatic rings. The van der Waals surface area contributed by atoms with Crippen molar-refractivity contribution in [3.8, 4) is 0 Å². The first-order valence-corrected chi connectivity index (χ1v) is 8.25. The van der Waals surface area contributed by atoms with Gasteiger partial charge in [0.05, 0.1) is 11.4 Å². The highest BCUT2D eigenvalue weighted by Gasteiger charge is 2.36. The molecule has 0 bridgehead atoms. The predicted molar refractivity (Wildman–Crippen MR) is 102 cm³/mol. The Labute approximate surface area is 146 Å². The van der Waals surface area contributed by atoms with Crippen molar-refractivity contribution in [3.63, 3.8) is 0 Å². The highest BCUT2D eigenvalue weighted by Crippen LogP contribution is 2.48. The number of furan rings is 1. The Morgan fingerprint density at radius 1 is 1.00 bits per heavy atom. The van der Waals surface area contributed by atoms with E-state index in [1.165, 1.54) is 0 Å². The summed E-state index contributed by atoms with van der Waals surface area (Å²) in [7, 11) is 2.01. The molecule has 0 N–H and O–H groups in total. The summed E-state index contributed by atoms with van der Waals surface area (Å²) in [5, 5.41) is 2.23. The third-order valence-electron chi connectivity index (χ3n) is 4.93. The molecule has 0 saturated heterocycles. The van der Waals surface area contributed by atoms with Crippen molar-refractivity contribution in [3.05, 3.63) is 73.4 Å². The van der Waals surface area contributed by atoms with E-state index in [0.717, 1.165) is 50.9 Å². The number of hydrogen-bond acceptors (Lipinski definition) is 4. The Hall–Kier alpha value is -3.01. The molecular formula is C21H17N3O. The maximum absolute atomic E-state index is 6.25. The van der Waals surface area contributed by atoms with Gasteiger partial charge in [-0.2, -0.15) is 0 Å². The molecule has 0 aliphatic carbocycles. The summed E-state index contributed by atoms with van der Waals surface area (Å²) in [6.07, 6.45) is 2.68. The molecule has 2 aromatic heterocycles. The van der Waals surface area contributed by atoms with Crippen LogP contribution in [0.5, 0.6) is 0 Å². The Morgan fingerprint density at radius 3 is 2.72 bits per heavy atom. The fourth-order valence-corrected chi connectivity index (χ4v) is 3.62. The highest BCUT2D eigenvalue weighted by atomic mass is 16.3. The van der Waals surface area contributed by atoms with Crippen molar-refractivity contribution in [1.82, 2.24) is 4.98 Å². The van der Waals surface area contributed by atoms with E-state index in [9.17, 15) is 0 Å². The summed E-state index contributed by atoms with van der Waals surface area (Å²) >= 11 is 0. The SMILES string of the molecule is [CH2][C]1N(C)c2cccnc2N1c1c(C)ccc2c1oc1ccccc12. The van der Waals surface area contributed by atoms with Gasteiger partial charge in [-0.3, -0.25) is 4.90 Å². The summed E-state index contributed by atoms with van der Waals surface area (Å²) in [4.78, 5) is 8.75. The Balaban J connectivity index is 1.85. The number of nitrogens with zero attached hydrogens (tertiary/aromatic N) is 3. The van der Waals surface area contributed by atoms with Crippen LogP contribution in [0.3, 0.4) is 0 Å². The molecule has 122 valence electrons. The third kappa shape index (κ3) is 1.85. The molecule has 0 atom stereocenters. The van der Waals surface area contributed by atoms with Gasteiger partial charge in [0.15, 0.2) is 17.6 Å². The van der Waals surface area contributed by atoms with Gasteiger partial charge in [-0.1, -0.05) is 30.3 Å². The van der Waals surface area contributed by atoms with Crippen molar-refractivity contribution in [2.24, 2.45) is 0 Å². The molecule has 0 saturated carbocycles. The molecule has 1 aliphatic heterocycles. The minimum absolute atomic E-state index is 0.866. The first-order chi connectivity index (χ1) is 12.2. The molecule has 2 radical (unpaired) electrons. The second-order valence-electron chi connectivity index (χ2n) is 6.36. The molecule has 0 amide bonds. The number of rotatable bonds is 1. The molecule has 3 heterocycles. The highest BCUT2D eigenvalue weighted by molar-refractivity contribution is 6.11. The van der Waals surface area contributed by atoms with Gasteiger partial charge in [0.2, 0.25) is 0 Å². The first kappa shape index (κ1) is 14.3. The second-order valence-corrected chi connectivity index (χ2v) is 6.36. The average Bonchev–Trinajstić information content (AvgIpc) is 3.12. The minimum Gasteiger partial charge on any atom is -0.454 e. The van der Waals surface area contributed by atoms with Crippen LogP contribution in [0.15, 0.2) is 59.1 Å². The van der Waals surface area contributed by atoms with E-state index in [4.69, 9.17) is 4.42 Å². The van der Waals surface area contributed by atoms with E-state index < -0.39 is 0 Å². The Bertz CT molecular complexity index is 1110. The van der Waals surface area contributed by atoms with Crippen LogP contribution in [0.25, 0.3) is 21.9 Å². The minimum atomic E-state index is 0.866. The third-order valence-corrected chi connectivity index (χ3v) is 4.93. The molecule has 1 aliphatic rings. The fraction of sp³-hybridized carbons (Fsp3) is 0.0952. The largest absolute Gasteiger partial charge is 0.454 e. The molecular weight excluding hydrogens is 310 g/mol.